The first-order valence-electron chi connectivity index (χ1n) is 15.9. The number of aromatic nitrogens is 4. The number of carbonyl (C=O) groups excluding carboxylic acids is 1. The number of halogens is 2. The number of hydrogen-bond acceptors (Lipinski definition) is 9. The van der Waals surface area contributed by atoms with Gasteiger partial charge in [0.2, 0.25) is 17.7 Å². The molecule has 2 fully saturated rings. The van der Waals surface area contributed by atoms with Crippen molar-refractivity contribution in [2.75, 3.05) is 33.9 Å². The molecule has 10 nitrogen and oxygen atoms in total. The second-order valence-corrected chi connectivity index (χ2v) is 12.9. The Kier molecular flexibility index (Phi) is 10.5. The van der Waals surface area contributed by atoms with Crippen LogP contribution in [0.3, 0.4) is 0 Å². The monoisotopic (exact) mass is 675 g/mol. The number of amides is 1. The van der Waals surface area contributed by atoms with Crippen LogP contribution in [0.1, 0.15) is 44.0 Å². The van der Waals surface area contributed by atoms with Crippen LogP contribution in [0.15, 0.2) is 48.8 Å². The molecule has 0 spiro atoms. The normalized spacial score (nSPS) is 18.3. The summed E-state index contributed by atoms with van der Waals surface area (Å²) >= 11 is 14.1. The molecule has 12 heteroatoms. The lowest BCUT2D eigenvalue weighted by atomic mass is 9.98. The van der Waals surface area contributed by atoms with Gasteiger partial charge in [-0.2, -0.15) is 0 Å². The van der Waals surface area contributed by atoms with E-state index in [0.29, 0.717) is 76.4 Å². The van der Waals surface area contributed by atoms with Crippen LogP contribution in [-0.2, 0) is 17.9 Å². The van der Waals surface area contributed by atoms with Crippen LogP contribution in [-0.4, -0.2) is 70.6 Å². The number of nitrogens with one attached hydrogen (secondary N) is 2. The highest BCUT2D eigenvalue weighted by atomic mass is 35.5. The van der Waals surface area contributed by atoms with Gasteiger partial charge >= 0.3 is 0 Å². The number of hydrogen-bond donors (Lipinski definition) is 2. The maximum absolute atomic E-state index is 11.5. The molecule has 1 amide bonds. The molecule has 4 heterocycles. The first-order valence-corrected chi connectivity index (χ1v) is 16.7. The fourth-order valence-electron chi connectivity index (χ4n) is 6.32. The number of nitrogens with zero attached hydrogens (tertiary/aromatic N) is 5. The third-order valence-electron chi connectivity index (χ3n) is 8.73. The van der Waals surface area contributed by atoms with Crippen LogP contribution < -0.4 is 20.1 Å². The van der Waals surface area contributed by atoms with E-state index in [1.54, 1.807) is 26.6 Å². The molecule has 2 saturated heterocycles. The van der Waals surface area contributed by atoms with Crippen LogP contribution >= 0.6 is 23.2 Å². The highest BCUT2D eigenvalue weighted by molar-refractivity contribution is 6.39. The number of carbonyl (C=O) groups is 1. The van der Waals surface area contributed by atoms with Gasteiger partial charge < -0.3 is 20.1 Å². The predicted molar refractivity (Wildman–Crippen MR) is 184 cm³/mol. The minimum atomic E-state index is 0.0894. The lowest BCUT2D eigenvalue weighted by molar-refractivity contribution is -0.119. The zero-order valence-corrected chi connectivity index (χ0v) is 28.4. The van der Waals surface area contributed by atoms with E-state index in [2.05, 4.69) is 27.4 Å². The lowest BCUT2D eigenvalue weighted by Gasteiger charge is -2.30. The molecule has 2 aliphatic heterocycles. The summed E-state index contributed by atoms with van der Waals surface area (Å²) in [7, 11) is 3.19. The SMILES string of the molecule is COc1nc(-c2cccc(-c3cccc(-c4cnc(CN5CCCC(C)C5)c(OC)n4)c3Cl)c2Cl)cnc1CNC[C@@H]1CCC(=O)N1. The van der Waals surface area contributed by atoms with E-state index < -0.39 is 0 Å². The van der Waals surface area contributed by atoms with Crippen molar-refractivity contribution in [2.45, 2.75) is 51.7 Å². The Balaban J connectivity index is 1.24. The van der Waals surface area contributed by atoms with Gasteiger partial charge in [-0.1, -0.05) is 66.5 Å². The molecule has 2 aromatic carbocycles. The maximum atomic E-state index is 11.5. The predicted octanol–water partition coefficient (Wildman–Crippen LogP) is 6.19. The molecule has 47 heavy (non-hydrogen) atoms. The third kappa shape index (κ3) is 7.51. The first kappa shape index (κ1) is 33.1. The Morgan fingerprint density at radius 2 is 1.49 bits per heavy atom. The fourth-order valence-corrected chi connectivity index (χ4v) is 6.97. The number of piperidine rings is 1. The summed E-state index contributed by atoms with van der Waals surface area (Å²) in [4.78, 5) is 32.8. The largest absolute Gasteiger partial charge is 0.480 e. The average Bonchev–Trinajstić information content (AvgIpc) is 3.50. The molecular formula is C35H39Cl2N7O3. The Labute approximate surface area is 285 Å². The molecule has 0 saturated carbocycles. The van der Waals surface area contributed by atoms with Crippen molar-refractivity contribution >= 4 is 29.1 Å². The van der Waals surface area contributed by atoms with Crippen molar-refractivity contribution in [1.29, 1.82) is 0 Å². The molecule has 246 valence electrons. The number of likely N-dealkylation sites (tertiary alicyclic amines) is 1. The summed E-state index contributed by atoms with van der Waals surface area (Å²) in [6.45, 7) is 6.17. The van der Waals surface area contributed by atoms with Gasteiger partial charge in [0.05, 0.1) is 48.0 Å². The number of ether oxygens (including phenoxy) is 2. The molecule has 2 aliphatic rings. The smallest absolute Gasteiger partial charge is 0.237 e. The van der Waals surface area contributed by atoms with Gasteiger partial charge in [0.1, 0.15) is 11.4 Å². The van der Waals surface area contributed by atoms with E-state index in [1.165, 1.54) is 12.8 Å². The second kappa shape index (κ2) is 14.9. The summed E-state index contributed by atoms with van der Waals surface area (Å²) in [5.74, 6) is 1.66. The molecule has 0 bridgehead atoms. The third-order valence-corrected chi connectivity index (χ3v) is 9.55. The standard InChI is InChI=1S/C35H39Cl2N7O3/c1-21-7-6-14-44(19-21)20-30-35(47-3)43-28(18-40-30)26-11-5-9-24(33(26)37)23-8-4-10-25(32(23)36)27-17-39-29(34(42-27)46-2)16-38-15-22-12-13-31(45)41-22/h4-5,8-11,17-18,21-22,38H,6-7,12-16,19-20H2,1-3H3,(H,41,45)/t21?,22-/m0/s1. The van der Waals surface area contributed by atoms with Gasteiger partial charge in [-0.05, 0) is 31.7 Å². The van der Waals surface area contributed by atoms with Crippen LogP contribution in [0, 0.1) is 5.92 Å². The van der Waals surface area contributed by atoms with Crippen molar-refractivity contribution in [3.8, 4) is 45.4 Å². The molecule has 1 unspecified atom stereocenters. The highest BCUT2D eigenvalue weighted by Crippen LogP contribution is 2.42. The van der Waals surface area contributed by atoms with Crippen molar-refractivity contribution in [1.82, 2.24) is 35.5 Å². The van der Waals surface area contributed by atoms with Crippen molar-refractivity contribution in [2.24, 2.45) is 5.92 Å². The summed E-state index contributed by atoms with van der Waals surface area (Å²) in [6.07, 6.45) is 7.28. The van der Waals surface area contributed by atoms with Crippen molar-refractivity contribution in [3.63, 3.8) is 0 Å². The van der Waals surface area contributed by atoms with Gasteiger partial charge in [-0.15, -0.1) is 0 Å². The Morgan fingerprint density at radius 1 is 0.894 bits per heavy atom. The zero-order valence-electron chi connectivity index (χ0n) is 26.9. The van der Waals surface area contributed by atoms with E-state index in [4.69, 9.17) is 47.6 Å². The van der Waals surface area contributed by atoms with Crippen molar-refractivity contribution < 1.29 is 14.3 Å². The quantitative estimate of drug-likeness (QED) is 0.192. The van der Waals surface area contributed by atoms with Crippen LogP contribution in [0.2, 0.25) is 10.0 Å². The maximum Gasteiger partial charge on any atom is 0.237 e. The summed E-state index contributed by atoms with van der Waals surface area (Å²) in [5, 5.41) is 7.28. The van der Waals surface area contributed by atoms with E-state index in [0.717, 1.165) is 41.9 Å². The molecule has 0 radical (unpaired) electrons. The highest BCUT2D eigenvalue weighted by Gasteiger charge is 2.23. The minimum absolute atomic E-state index is 0.0894. The van der Waals surface area contributed by atoms with E-state index in [-0.39, 0.29) is 11.9 Å². The fraction of sp³-hybridized carbons (Fsp3) is 0.400. The zero-order chi connectivity index (χ0) is 32.9. The van der Waals surface area contributed by atoms with Crippen LogP contribution in [0.5, 0.6) is 11.8 Å². The van der Waals surface area contributed by atoms with E-state index in [1.807, 2.05) is 36.4 Å². The number of rotatable bonds is 11. The van der Waals surface area contributed by atoms with Gasteiger partial charge in [-0.3, -0.25) is 19.7 Å². The summed E-state index contributed by atoms with van der Waals surface area (Å²) in [6, 6.07) is 11.6. The Morgan fingerprint density at radius 3 is 2.06 bits per heavy atom. The minimum Gasteiger partial charge on any atom is -0.480 e. The molecule has 6 rings (SSSR count). The van der Waals surface area contributed by atoms with Crippen LogP contribution in [0.25, 0.3) is 33.6 Å². The Bertz CT molecular complexity index is 1750. The topological polar surface area (TPSA) is 114 Å². The molecule has 4 aromatic rings. The molecule has 2 N–H and O–H groups in total. The molecule has 0 aliphatic carbocycles. The van der Waals surface area contributed by atoms with E-state index in [9.17, 15) is 4.79 Å². The first-order chi connectivity index (χ1) is 22.8. The second-order valence-electron chi connectivity index (χ2n) is 12.2. The number of methoxy groups -OCH3 is 2. The van der Waals surface area contributed by atoms with Gasteiger partial charge in [0.15, 0.2) is 0 Å². The molecular weight excluding hydrogens is 637 g/mol. The number of benzene rings is 2. The lowest BCUT2D eigenvalue weighted by Crippen LogP contribution is -2.35. The molecule has 2 aromatic heterocycles. The van der Waals surface area contributed by atoms with Crippen molar-refractivity contribution in [3.05, 3.63) is 70.2 Å². The van der Waals surface area contributed by atoms with Gasteiger partial charge in [-0.25, -0.2) is 9.97 Å². The summed E-state index contributed by atoms with van der Waals surface area (Å²) in [5.41, 5.74) is 5.59. The van der Waals surface area contributed by atoms with Crippen LogP contribution in [0.4, 0.5) is 0 Å². The summed E-state index contributed by atoms with van der Waals surface area (Å²) < 4.78 is 11.3. The van der Waals surface area contributed by atoms with Gasteiger partial charge in [0, 0.05) is 60.9 Å². The van der Waals surface area contributed by atoms with E-state index >= 15 is 0 Å². The van der Waals surface area contributed by atoms with Gasteiger partial charge in [0.25, 0.3) is 0 Å². The average molecular weight is 677 g/mol. The molecule has 2 atom stereocenters. The Hall–Kier alpha value is -3.83.